The minimum absolute atomic E-state index is 0.00278. The topological polar surface area (TPSA) is 199 Å². The van der Waals surface area contributed by atoms with Gasteiger partial charge in [-0.1, -0.05) is 166 Å². The van der Waals surface area contributed by atoms with Gasteiger partial charge < -0.3 is 25.1 Å². The SMILES string of the molecule is C#C[C@]1(CO[P@](=O)(N[C@@H](Cc2ccccc2)C(=O)OCCCCCCCCCCCC)OCC(=O)OCCCCCCCCCCCC)O[C@@H](n2cnc3c(N)nc(F)nc32)C[C@@H]1O. The highest BCUT2D eigenvalue weighted by Crippen LogP contribution is 2.48. The van der Waals surface area contributed by atoms with Crippen LogP contribution in [0.4, 0.5) is 10.2 Å². The van der Waals surface area contributed by atoms with Crippen molar-refractivity contribution in [1.82, 2.24) is 24.6 Å². The molecule has 0 spiro atoms. The van der Waals surface area contributed by atoms with Crippen molar-refractivity contribution in [2.75, 3.05) is 32.2 Å². The molecule has 0 unspecified atom stereocenters. The fraction of sp³-hybridized carbons (Fsp3) is 0.681. The maximum atomic E-state index is 14.8. The Kier molecular flexibility index (Phi) is 23.7. The molecule has 3 aromatic rings. The second kappa shape index (κ2) is 28.8. The van der Waals surface area contributed by atoms with Crippen LogP contribution in [0.1, 0.15) is 160 Å². The van der Waals surface area contributed by atoms with Gasteiger partial charge >= 0.3 is 25.8 Å². The Hall–Kier alpha value is -3.97. The number of fused-ring (bicyclic) bond motifs is 1. The van der Waals surface area contributed by atoms with E-state index in [0.717, 1.165) is 44.1 Å². The van der Waals surface area contributed by atoms with E-state index < -0.39 is 63.0 Å². The number of carbonyl (C=O) groups is 2. The van der Waals surface area contributed by atoms with Crippen molar-refractivity contribution in [2.45, 2.75) is 179 Å². The Balaban J connectivity index is 1.42. The zero-order valence-corrected chi connectivity index (χ0v) is 39.0. The Morgan fingerprint density at radius 2 is 1.47 bits per heavy atom. The van der Waals surface area contributed by atoms with E-state index in [1.165, 1.54) is 87.9 Å². The van der Waals surface area contributed by atoms with Crippen molar-refractivity contribution < 1.29 is 46.9 Å². The second-order valence-corrected chi connectivity index (χ2v) is 18.5. The van der Waals surface area contributed by atoms with Crippen molar-refractivity contribution in [1.29, 1.82) is 0 Å². The highest BCUT2D eigenvalue weighted by Gasteiger charge is 2.50. The number of ether oxygens (including phenoxy) is 3. The summed E-state index contributed by atoms with van der Waals surface area (Å²) in [5.41, 5.74) is 4.76. The van der Waals surface area contributed by atoms with Crippen molar-refractivity contribution >= 4 is 36.7 Å². The number of hydrogen-bond donors (Lipinski definition) is 3. The first kappa shape index (κ1) is 52.7. The number of aromatic nitrogens is 4. The molecule has 0 aliphatic carbocycles. The molecule has 1 aliphatic heterocycles. The molecule has 0 bridgehead atoms. The molecule has 2 aromatic heterocycles. The maximum Gasteiger partial charge on any atom is 0.406 e. The molecule has 5 atom stereocenters. The number of benzene rings is 1. The van der Waals surface area contributed by atoms with Crippen LogP contribution in [0, 0.1) is 18.4 Å². The Morgan fingerprint density at radius 3 is 2.05 bits per heavy atom. The highest BCUT2D eigenvalue weighted by atomic mass is 31.2. The number of hydrogen-bond acceptors (Lipinski definition) is 13. The highest BCUT2D eigenvalue weighted by molar-refractivity contribution is 7.51. The first-order chi connectivity index (χ1) is 31.0. The number of halogens is 1. The second-order valence-electron chi connectivity index (χ2n) is 16.7. The van der Waals surface area contributed by atoms with Crippen molar-refractivity contribution in [2.24, 2.45) is 0 Å². The zero-order valence-electron chi connectivity index (χ0n) is 38.1. The van der Waals surface area contributed by atoms with Crippen molar-refractivity contribution in [3.63, 3.8) is 0 Å². The molecule has 4 N–H and O–H groups in total. The smallest absolute Gasteiger partial charge is 0.406 e. The standard InChI is InChI=1S/C47H72FN6O9P/c1-4-7-9-11-13-15-17-19-21-26-30-59-41(56)34-61-64(58,62-35-47(6-3)39(55)33-40(63-47)54-36-50-42-43(49)51-46(48)52-44(42)54)53-38(32-37-28-24-23-25-29-37)45(57)60-31-27-22-20-18-16-14-12-10-8-5-2/h3,23-25,28-29,36,38-40,55H,4-5,7-22,26-27,30-35H2,1-2H3,(H,53,58)(H2,49,51,52)/t38-,39-,40+,47+,64-/m0/s1. The summed E-state index contributed by atoms with van der Waals surface area (Å²) >= 11 is 0. The number of aliphatic hydroxyl groups excluding tert-OH is 1. The number of esters is 2. The Morgan fingerprint density at radius 1 is 0.906 bits per heavy atom. The van der Waals surface area contributed by atoms with Crippen LogP contribution in [0.25, 0.3) is 11.2 Å². The van der Waals surface area contributed by atoms with E-state index in [4.69, 9.17) is 35.4 Å². The van der Waals surface area contributed by atoms with E-state index >= 15 is 0 Å². The number of nitrogens with zero attached hydrogens (tertiary/aromatic N) is 4. The van der Waals surface area contributed by atoms with E-state index in [-0.39, 0.29) is 43.0 Å². The normalized spacial score (nSPS) is 18.7. The average Bonchev–Trinajstić information content (AvgIpc) is 3.86. The summed E-state index contributed by atoms with van der Waals surface area (Å²) in [6.45, 7) is 3.23. The van der Waals surface area contributed by atoms with Crippen LogP contribution >= 0.6 is 7.75 Å². The summed E-state index contributed by atoms with van der Waals surface area (Å²) in [4.78, 5) is 38.2. The molecule has 17 heteroatoms. The summed E-state index contributed by atoms with van der Waals surface area (Å²) in [5, 5.41) is 14.0. The number of terminal acetylenes is 1. The molecular weight excluding hydrogens is 843 g/mol. The maximum absolute atomic E-state index is 14.8. The Bertz CT molecular complexity index is 1920. The summed E-state index contributed by atoms with van der Waals surface area (Å²) in [6, 6.07) is 7.81. The van der Waals surface area contributed by atoms with Crippen LogP contribution < -0.4 is 10.8 Å². The lowest BCUT2D eigenvalue weighted by Gasteiger charge is -2.30. The minimum Gasteiger partial charge on any atom is -0.465 e. The van der Waals surface area contributed by atoms with Gasteiger partial charge in [-0.2, -0.15) is 14.4 Å². The molecule has 1 saturated heterocycles. The number of carbonyl (C=O) groups excluding carboxylic acids is 2. The average molecular weight is 915 g/mol. The third-order valence-corrected chi connectivity index (χ3v) is 13.0. The van der Waals surface area contributed by atoms with Gasteiger partial charge in [-0.3, -0.25) is 18.4 Å². The van der Waals surface area contributed by atoms with Crippen LogP contribution in [0.5, 0.6) is 0 Å². The first-order valence-corrected chi connectivity index (χ1v) is 25.1. The van der Waals surface area contributed by atoms with Gasteiger partial charge in [-0.05, 0) is 24.8 Å². The molecule has 1 fully saturated rings. The fourth-order valence-corrected chi connectivity index (χ4v) is 9.12. The van der Waals surface area contributed by atoms with Gasteiger partial charge in [0.05, 0.1) is 19.5 Å². The molecule has 0 saturated carbocycles. The van der Waals surface area contributed by atoms with Gasteiger partial charge in [0.2, 0.25) is 0 Å². The van der Waals surface area contributed by atoms with Crippen LogP contribution in [0.2, 0.25) is 0 Å². The Labute approximate surface area is 379 Å². The van der Waals surface area contributed by atoms with E-state index in [2.05, 4.69) is 39.8 Å². The van der Waals surface area contributed by atoms with Crippen LogP contribution in [-0.2, 0) is 43.8 Å². The quantitative estimate of drug-likeness (QED) is 0.0168. The molecule has 64 heavy (non-hydrogen) atoms. The van der Waals surface area contributed by atoms with Gasteiger partial charge in [0.25, 0.3) is 0 Å². The van der Waals surface area contributed by atoms with E-state index in [1.807, 2.05) is 30.3 Å². The summed E-state index contributed by atoms with van der Waals surface area (Å²) in [5.74, 6) is 0.753. The summed E-state index contributed by atoms with van der Waals surface area (Å²) in [6.07, 6.45) is 26.0. The van der Waals surface area contributed by atoms with Crippen molar-refractivity contribution in [3.8, 4) is 12.3 Å². The number of nitrogen functional groups attached to an aromatic ring is 1. The van der Waals surface area contributed by atoms with Gasteiger partial charge in [-0.25, -0.2) is 19.4 Å². The lowest BCUT2D eigenvalue weighted by atomic mass is 9.99. The zero-order chi connectivity index (χ0) is 46.0. The van der Waals surface area contributed by atoms with Crippen LogP contribution in [0.15, 0.2) is 36.7 Å². The molecule has 356 valence electrons. The number of nitrogens with one attached hydrogen (secondary N) is 1. The number of anilines is 1. The summed E-state index contributed by atoms with van der Waals surface area (Å²) < 4.78 is 59.2. The summed E-state index contributed by atoms with van der Waals surface area (Å²) in [7, 11) is -4.67. The molecule has 15 nitrogen and oxygen atoms in total. The van der Waals surface area contributed by atoms with Crippen LogP contribution in [-0.4, -0.2) is 80.7 Å². The monoisotopic (exact) mass is 915 g/mol. The van der Waals surface area contributed by atoms with Gasteiger partial charge in [0, 0.05) is 6.42 Å². The van der Waals surface area contributed by atoms with E-state index in [9.17, 15) is 23.7 Å². The predicted octanol–water partition coefficient (Wildman–Crippen LogP) is 9.47. The lowest BCUT2D eigenvalue weighted by Crippen LogP contribution is -2.44. The third-order valence-electron chi connectivity index (χ3n) is 11.5. The van der Waals surface area contributed by atoms with E-state index in [1.54, 1.807) is 0 Å². The number of unbranched alkanes of at least 4 members (excludes halogenated alkanes) is 18. The number of aliphatic hydroxyl groups is 1. The molecule has 0 radical (unpaired) electrons. The number of rotatable bonds is 34. The van der Waals surface area contributed by atoms with Crippen molar-refractivity contribution in [3.05, 3.63) is 48.3 Å². The molecule has 3 heterocycles. The van der Waals surface area contributed by atoms with Gasteiger partial charge in [0.1, 0.15) is 25.0 Å². The lowest BCUT2D eigenvalue weighted by molar-refractivity contribution is -0.146. The minimum atomic E-state index is -4.67. The number of nitrogens with two attached hydrogens (primary N) is 1. The van der Waals surface area contributed by atoms with Crippen LogP contribution in [0.3, 0.4) is 0 Å². The van der Waals surface area contributed by atoms with Gasteiger partial charge in [0.15, 0.2) is 29.2 Å². The van der Waals surface area contributed by atoms with E-state index in [0.29, 0.717) is 12.8 Å². The molecular formula is C47H72FN6O9P. The first-order valence-electron chi connectivity index (χ1n) is 23.5. The molecule has 0 amide bonds. The molecule has 4 rings (SSSR count). The molecule has 1 aromatic carbocycles. The molecule has 1 aliphatic rings. The van der Waals surface area contributed by atoms with Gasteiger partial charge in [-0.15, -0.1) is 6.42 Å². The number of imidazole rings is 1. The third kappa shape index (κ3) is 17.8. The predicted molar refractivity (Wildman–Crippen MR) is 244 cm³/mol. The largest absolute Gasteiger partial charge is 0.465 e. The fourth-order valence-electron chi connectivity index (χ4n) is 7.68.